The van der Waals surface area contributed by atoms with Crippen molar-refractivity contribution in [2.45, 2.75) is 25.9 Å². The van der Waals surface area contributed by atoms with Gasteiger partial charge in [0.25, 0.3) is 0 Å². The molecule has 1 saturated heterocycles. The van der Waals surface area contributed by atoms with Gasteiger partial charge in [0.05, 0.1) is 17.8 Å². The van der Waals surface area contributed by atoms with Crippen LogP contribution >= 0.6 is 0 Å². The Bertz CT molecular complexity index is 1090. The molecule has 2 atom stereocenters. The molecule has 0 saturated carbocycles. The average molecular weight is 446 g/mol. The summed E-state index contributed by atoms with van der Waals surface area (Å²) in [4.78, 5) is 28.3. The van der Waals surface area contributed by atoms with Gasteiger partial charge in [-0.2, -0.15) is 5.10 Å². The number of aromatic nitrogens is 2. The molecule has 0 unspecified atom stereocenters. The minimum absolute atomic E-state index is 0.0451. The van der Waals surface area contributed by atoms with Gasteiger partial charge in [-0.05, 0) is 16.7 Å². The highest BCUT2D eigenvalue weighted by molar-refractivity contribution is 5.80. The maximum absolute atomic E-state index is 13.0. The first-order valence-corrected chi connectivity index (χ1v) is 11.3. The van der Waals surface area contributed by atoms with Gasteiger partial charge in [0.2, 0.25) is 11.8 Å². The maximum atomic E-state index is 13.0. The molecule has 0 bridgehead atoms. The number of amides is 2. The second-order valence-corrected chi connectivity index (χ2v) is 8.93. The van der Waals surface area contributed by atoms with Crippen LogP contribution in [0.25, 0.3) is 11.3 Å². The highest BCUT2D eigenvalue weighted by atomic mass is 16.2. The summed E-state index contributed by atoms with van der Waals surface area (Å²) in [6, 6.07) is 18.5. The van der Waals surface area contributed by atoms with E-state index in [2.05, 4.69) is 44.7 Å². The van der Waals surface area contributed by atoms with Gasteiger partial charge in [-0.25, -0.2) is 0 Å². The highest BCUT2D eigenvalue weighted by Gasteiger charge is 2.39. The predicted octanol–water partition coefficient (Wildman–Crippen LogP) is 3.02. The van der Waals surface area contributed by atoms with Gasteiger partial charge in [0, 0.05) is 58.7 Å². The van der Waals surface area contributed by atoms with Crippen molar-refractivity contribution in [1.82, 2.24) is 25.3 Å². The van der Waals surface area contributed by atoms with Gasteiger partial charge in [-0.1, -0.05) is 54.6 Å². The molecule has 2 aromatic carbocycles. The molecule has 2 heterocycles. The molecule has 1 fully saturated rings. The molecule has 2 N–H and O–H groups in total. The second kappa shape index (κ2) is 10.0. The molecule has 0 aliphatic carbocycles. The Balaban J connectivity index is 1.53. The molecular formula is C26H31N5O2. The van der Waals surface area contributed by atoms with Crippen LogP contribution in [0.4, 0.5) is 0 Å². The fourth-order valence-corrected chi connectivity index (χ4v) is 4.57. The first-order chi connectivity index (χ1) is 15.9. The van der Waals surface area contributed by atoms with E-state index < -0.39 is 0 Å². The van der Waals surface area contributed by atoms with Crippen molar-refractivity contribution in [2.75, 3.05) is 27.2 Å². The van der Waals surface area contributed by atoms with Crippen LogP contribution < -0.4 is 5.32 Å². The van der Waals surface area contributed by atoms with Crippen molar-refractivity contribution in [1.29, 1.82) is 0 Å². The highest BCUT2D eigenvalue weighted by Crippen LogP contribution is 2.35. The van der Waals surface area contributed by atoms with Gasteiger partial charge >= 0.3 is 0 Å². The third kappa shape index (κ3) is 5.31. The summed E-state index contributed by atoms with van der Waals surface area (Å²) in [5.74, 6) is 0.117. The fraction of sp³-hybridized carbons (Fsp3) is 0.346. The minimum Gasteiger partial charge on any atom is -0.352 e. The number of hydrogen-bond donors (Lipinski definition) is 2. The molecule has 33 heavy (non-hydrogen) atoms. The zero-order chi connectivity index (χ0) is 23.4. The van der Waals surface area contributed by atoms with Crippen LogP contribution in [-0.2, 0) is 22.7 Å². The van der Waals surface area contributed by atoms with Crippen molar-refractivity contribution in [3.05, 3.63) is 77.5 Å². The van der Waals surface area contributed by atoms with Crippen LogP contribution in [0.2, 0.25) is 0 Å². The van der Waals surface area contributed by atoms with Crippen molar-refractivity contribution < 1.29 is 9.59 Å². The van der Waals surface area contributed by atoms with Crippen molar-refractivity contribution in [3.8, 4) is 11.3 Å². The minimum atomic E-state index is -0.103. The molecule has 4 rings (SSSR count). The quantitative estimate of drug-likeness (QED) is 0.586. The van der Waals surface area contributed by atoms with E-state index in [1.54, 1.807) is 4.90 Å². The van der Waals surface area contributed by atoms with Crippen LogP contribution in [0, 0.1) is 5.92 Å². The SMILES string of the molecule is CC(=O)NCc1ccc([C@H]2CN(Cc3cn[nH]c3-c3ccccc3)C[C@@H]2C(=O)N(C)C)cc1. The molecule has 1 aliphatic rings. The molecule has 7 heteroatoms. The van der Waals surface area contributed by atoms with E-state index in [1.807, 2.05) is 50.6 Å². The van der Waals surface area contributed by atoms with E-state index in [-0.39, 0.29) is 23.7 Å². The number of carbonyl (C=O) groups excluding carboxylic acids is 2. The van der Waals surface area contributed by atoms with Crippen molar-refractivity contribution in [2.24, 2.45) is 5.92 Å². The number of carbonyl (C=O) groups is 2. The van der Waals surface area contributed by atoms with E-state index >= 15 is 0 Å². The first kappa shape index (κ1) is 22.7. The van der Waals surface area contributed by atoms with Crippen LogP contribution in [0.15, 0.2) is 60.8 Å². The number of H-pyrrole nitrogens is 1. The number of likely N-dealkylation sites (tertiary alicyclic amines) is 1. The molecule has 1 aromatic heterocycles. The summed E-state index contributed by atoms with van der Waals surface area (Å²) in [5, 5.41) is 10.2. The fourth-order valence-electron chi connectivity index (χ4n) is 4.57. The van der Waals surface area contributed by atoms with Crippen LogP contribution in [0.3, 0.4) is 0 Å². The van der Waals surface area contributed by atoms with Crippen molar-refractivity contribution in [3.63, 3.8) is 0 Å². The Kier molecular flexibility index (Phi) is 6.89. The number of nitrogens with zero attached hydrogens (tertiary/aromatic N) is 3. The van der Waals surface area contributed by atoms with E-state index in [4.69, 9.17) is 0 Å². The van der Waals surface area contributed by atoms with Crippen molar-refractivity contribution >= 4 is 11.8 Å². The van der Waals surface area contributed by atoms with Crippen LogP contribution in [0.5, 0.6) is 0 Å². The molecule has 7 nitrogen and oxygen atoms in total. The van der Waals surface area contributed by atoms with E-state index in [9.17, 15) is 9.59 Å². The summed E-state index contributed by atoms with van der Waals surface area (Å²) >= 11 is 0. The predicted molar refractivity (Wildman–Crippen MR) is 128 cm³/mol. The maximum Gasteiger partial charge on any atom is 0.227 e. The Morgan fingerprint density at radius 2 is 1.82 bits per heavy atom. The summed E-state index contributed by atoms with van der Waals surface area (Å²) in [6.07, 6.45) is 1.88. The Hall–Kier alpha value is -3.45. The summed E-state index contributed by atoms with van der Waals surface area (Å²) in [5.41, 5.74) is 5.46. The lowest BCUT2D eigenvalue weighted by Gasteiger charge is -2.22. The van der Waals surface area contributed by atoms with E-state index in [0.29, 0.717) is 13.1 Å². The second-order valence-electron chi connectivity index (χ2n) is 8.93. The third-order valence-corrected chi connectivity index (χ3v) is 6.28. The van der Waals surface area contributed by atoms with E-state index in [1.165, 1.54) is 6.92 Å². The summed E-state index contributed by atoms with van der Waals surface area (Å²) < 4.78 is 0. The first-order valence-electron chi connectivity index (χ1n) is 11.3. The standard InChI is InChI=1S/C26H31N5O2/c1-18(32)27-13-19-9-11-20(12-10-19)23-16-31(17-24(23)26(33)30(2)3)15-22-14-28-29-25(22)21-7-5-4-6-8-21/h4-12,14,23-24H,13,15-17H2,1-3H3,(H,27,32)(H,28,29)/t23-,24+/m1/s1. The lowest BCUT2D eigenvalue weighted by atomic mass is 9.87. The Morgan fingerprint density at radius 3 is 2.48 bits per heavy atom. The molecule has 0 radical (unpaired) electrons. The molecule has 172 valence electrons. The lowest BCUT2D eigenvalue weighted by Crippen LogP contribution is -2.33. The van der Waals surface area contributed by atoms with Crippen LogP contribution in [0.1, 0.15) is 29.5 Å². The lowest BCUT2D eigenvalue weighted by molar-refractivity contribution is -0.133. The normalized spacial score (nSPS) is 18.3. The average Bonchev–Trinajstić information content (AvgIpc) is 3.45. The van der Waals surface area contributed by atoms with E-state index in [0.717, 1.165) is 41.0 Å². The van der Waals surface area contributed by atoms with Gasteiger partial charge in [0.15, 0.2) is 0 Å². The van der Waals surface area contributed by atoms with Gasteiger partial charge in [0.1, 0.15) is 0 Å². The smallest absolute Gasteiger partial charge is 0.227 e. The number of benzene rings is 2. The summed E-state index contributed by atoms with van der Waals surface area (Å²) in [7, 11) is 3.64. The van der Waals surface area contributed by atoms with Crippen LogP contribution in [-0.4, -0.2) is 59.0 Å². The molecule has 3 aromatic rings. The largest absolute Gasteiger partial charge is 0.352 e. The van der Waals surface area contributed by atoms with Gasteiger partial charge in [-0.3, -0.25) is 19.6 Å². The topological polar surface area (TPSA) is 81.3 Å². The number of aromatic amines is 1. The Labute approximate surface area is 194 Å². The Morgan fingerprint density at radius 1 is 1.09 bits per heavy atom. The van der Waals surface area contributed by atoms with Gasteiger partial charge in [-0.15, -0.1) is 0 Å². The summed E-state index contributed by atoms with van der Waals surface area (Å²) in [6.45, 7) is 4.26. The zero-order valence-corrected chi connectivity index (χ0v) is 19.4. The molecule has 0 spiro atoms. The number of hydrogen-bond acceptors (Lipinski definition) is 4. The van der Waals surface area contributed by atoms with Gasteiger partial charge < -0.3 is 10.2 Å². The molecule has 2 amide bonds. The monoisotopic (exact) mass is 445 g/mol. The molecule has 1 aliphatic heterocycles. The zero-order valence-electron chi connectivity index (χ0n) is 19.4. The number of nitrogens with one attached hydrogen (secondary N) is 2. The molecular weight excluding hydrogens is 414 g/mol. The number of rotatable bonds is 7. The third-order valence-electron chi connectivity index (χ3n) is 6.28.